The Labute approximate surface area is 177 Å². The Morgan fingerprint density at radius 2 is 1.97 bits per heavy atom. The molecule has 1 aliphatic rings. The Bertz CT molecular complexity index is 1100. The van der Waals surface area contributed by atoms with Crippen molar-refractivity contribution in [2.45, 2.75) is 45.1 Å². The molecule has 1 amide bonds. The van der Waals surface area contributed by atoms with Crippen LogP contribution in [0, 0.1) is 13.8 Å². The van der Waals surface area contributed by atoms with Crippen LogP contribution >= 0.6 is 0 Å². The van der Waals surface area contributed by atoms with E-state index in [1.165, 1.54) is 6.20 Å². The Kier molecular flexibility index (Phi) is 5.24. The molecule has 0 saturated heterocycles. The number of hydrogen-bond acceptors (Lipinski definition) is 4. The van der Waals surface area contributed by atoms with Crippen molar-refractivity contribution in [3.8, 4) is 0 Å². The maximum Gasteiger partial charge on any atom is 0.410 e. The number of alkyl halides is 3. The molecule has 0 radical (unpaired) electrons. The first-order valence-corrected chi connectivity index (χ1v) is 9.88. The van der Waals surface area contributed by atoms with Crippen LogP contribution in [0.2, 0.25) is 0 Å². The van der Waals surface area contributed by atoms with E-state index in [-0.39, 0.29) is 24.3 Å². The second kappa shape index (κ2) is 7.75. The normalized spacial score (nSPS) is 18.4. The van der Waals surface area contributed by atoms with E-state index >= 15 is 0 Å². The van der Waals surface area contributed by atoms with Crippen LogP contribution < -0.4 is 10.6 Å². The number of benzene rings is 1. The molecule has 3 aromatic rings. The van der Waals surface area contributed by atoms with Crippen molar-refractivity contribution < 1.29 is 18.0 Å². The van der Waals surface area contributed by atoms with E-state index in [1.807, 2.05) is 26.0 Å². The summed E-state index contributed by atoms with van der Waals surface area (Å²) in [5.41, 5.74) is 3.42. The Balaban J connectivity index is 1.62. The van der Waals surface area contributed by atoms with Crippen molar-refractivity contribution in [3.05, 3.63) is 64.6 Å². The molecule has 0 aliphatic carbocycles. The average molecular weight is 432 g/mol. The van der Waals surface area contributed by atoms with Crippen LogP contribution in [0.4, 0.5) is 19.0 Å². The largest absolute Gasteiger partial charge is 0.410 e. The van der Waals surface area contributed by atoms with Gasteiger partial charge in [-0.25, -0.2) is 4.68 Å². The van der Waals surface area contributed by atoms with E-state index in [9.17, 15) is 18.0 Å². The van der Waals surface area contributed by atoms with Gasteiger partial charge in [-0.3, -0.25) is 9.48 Å². The van der Waals surface area contributed by atoms with Gasteiger partial charge in [0.2, 0.25) is 0 Å². The van der Waals surface area contributed by atoms with Crippen LogP contribution in [0.15, 0.2) is 36.7 Å². The first-order chi connectivity index (χ1) is 14.6. The molecule has 0 bridgehead atoms. The van der Waals surface area contributed by atoms with E-state index in [0.29, 0.717) is 0 Å². The highest BCUT2D eigenvalue weighted by molar-refractivity contribution is 5.98. The maximum atomic E-state index is 13.8. The zero-order valence-electron chi connectivity index (χ0n) is 17.4. The third kappa shape index (κ3) is 4.14. The second-order valence-corrected chi connectivity index (χ2v) is 7.85. The minimum atomic E-state index is -4.49. The van der Waals surface area contributed by atoms with E-state index in [2.05, 4.69) is 20.8 Å². The van der Waals surface area contributed by atoms with Gasteiger partial charge in [0.1, 0.15) is 11.4 Å². The summed E-state index contributed by atoms with van der Waals surface area (Å²) in [5.74, 6) is -0.429. The lowest BCUT2D eigenvalue weighted by Crippen LogP contribution is -2.36. The minimum Gasteiger partial charge on any atom is -0.363 e. The third-order valence-electron chi connectivity index (χ3n) is 5.52. The van der Waals surface area contributed by atoms with Crippen molar-refractivity contribution in [3.63, 3.8) is 0 Å². The number of aryl methyl sites for hydroxylation is 3. The number of fused-ring (bicyclic) bond motifs is 1. The fourth-order valence-electron chi connectivity index (χ4n) is 3.84. The van der Waals surface area contributed by atoms with Gasteiger partial charge in [0, 0.05) is 31.8 Å². The Hall–Kier alpha value is -3.30. The summed E-state index contributed by atoms with van der Waals surface area (Å²) in [4.78, 5) is 12.8. The number of nitrogens with one attached hydrogen (secondary N) is 2. The van der Waals surface area contributed by atoms with Crippen LogP contribution in [0.1, 0.15) is 51.2 Å². The molecule has 0 unspecified atom stereocenters. The van der Waals surface area contributed by atoms with Crippen LogP contribution in [-0.4, -0.2) is 31.6 Å². The summed E-state index contributed by atoms with van der Waals surface area (Å²) in [6.07, 6.45) is -1.73. The van der Waals surface area contributed by atoms with Crippen molar-refractivity contribution in [1.29, 1.82) is 0 Å². The van der Waals surface area contributed by atoms with Gasteiger partial charge in [0.25, 0.3) is 5.91 Å². The number of halogens is 3. The van der Waals surface area contributed by atoms with Gasteiger partial charge in [0.15, 0.2) is 6.04 Å². The van der Waals surface area contributed by atoms with Crippen LogP contribution in [0.3, 0.4) is 0 Å². The summed E-state index contributed by atoms with van der Waals surface area (Å²) in [7, 11) is 1.78. The van der Waals surface area contributed by atoms with Gasteiger partial charge in [0.05, 0.1) is 17.9 Å². The summed E-state index contributed by atoms with van der Waals surface area (Å²) in [6, 6.07) is 4.90. The quantitative estimate of drug-likeness (QED) is 0.657. The Morgan fingerprint density at radius 1 is 1.26 bits per heavy atom. The molecule has 31 heavy (non-hydrogen) atoms. The zero-order chi connectivity index (χ0) is 22.3. The van der Waals surface area contributed by atoms with Gasteiger partial charge in [-0.05, 0) is 19.4 Å². The molecule has 164 valence electrons. The number of anilines is 1. The highest BCUT2D eigenvalue weighted by Crippen LogP contribution is 2.44. The fourth-order valence-corrected chi connectivity index (χ4v) is 3.84. The number of carbonyl (C=O) groups excluding carboxylic acids is 1. The number of carbonyl (C=O) groups is 1. The predicted molar refractivity (Wildman–Crippen MR) is 109 cm³/mol. The highest BCUT2D eigenvalue weighted by atomic mass is 19.4. The van der Waals surface area contributed by atoms with Gasteiger partial charge in [-0.2, -0.15) is 23.4 Å². The minimum absolute atomic E-state index is 0.0690. The van der Waals surface area contributed by atoms with Gasteiger partial charge in [-0.15, -0.1) is 0 Å². The molecule has 4 rings (SSSR count). The molecule has 10 heteroatoms. The summed E-state index contributed by atoms with van der Waals surface area (Å²) in [5, 5.41) is 14.0. The maximum absolute atomic E-state index is 13.8. The van der Waals surface area contributed by atoms with Crippen molar-refractivity contribution >= 4 is 11.7 Å². The lowest BCUT2D eigenvalue weighted by molar-refractivity contribution is -0.173. The SMILES string of the molecule is Cc1ccc([C@@H]2C[C@@H](C(F)(F)F)n3ncc(C(=O)NCc4cn(C)nc4C)c3N2)cc1. The number of rotatable bonds is 4. The lowest BCUT2D eigenvalue weighted by Gasteiger charge is -2.34. The van der Waals surface area contributed by atoms with Crippen molar-refractivity contribution in [2.75, 3.05) is 5.32 Å². The molecule has 0 fully saturated rings. The molecule has 1 aliphatic heterocycles. The summed E-state index contributed by atoms with van der Waals surface area (Å²) >= 11 is 0. The molecule has 7 nitrogen and oxygen atoms in total. The number of nitrogens with zero attached hydrogens (tertiary/aromatic N) is 4. The number of hydrogen-bond donors (Lipinski definition) is 2. The average Bonchev–Trinajstić information content (AvgIpc) is 3.27. The monoisotopic (exact) mass is 432 g/mol. The van der Waals surface area contributed by atoms with Gasteiger partial charge >= 0.3 is 6.18 Å². The fraction of sp³-hybridized carbons (Fsp3) is 0.381. The summed E-state index contributed by atoms with van der Waals surface area (Å²) in [6.45, 7) is 3.95. The van der Waals surface area contributed by atoms with Crippen LogP contribution in [-0.2, 0) is 13.6 Å². The predicted octanol–water partition coefficient (Wildman–Crippen LogP) is 3.82. The van der Waals surface area contributed by atoms with Gasteiger partial charge in [-0.1, -0.05) is 29.8 Å². The molecule has 0 spiro atoms. The molecule has 3 heterocycles. The summed E-state index contributed by atoms with van der Waals surface area (Å²) < 4.78 is 43.9. The van der Waals surface area contributed by atoms with E-state index in [0.717, 1.165) is 27.1 Å². The first-order valence-electron chi connectivity index (χ1n) is 9.88. The van der Waals surface area contributed by atoms with E-state index in [1.54, 1.807) is 30.1 Å². The topological polar surface area (TPSA) is 76.8 Å². The first kappa shape index (κ1) is 21.0. The molecule has 2 atom stereocenters. The van der Waals surface area contributed by atoms with Crippen LogP contribution in [0.25, 0.3) is 0 Å². The smallest absolute Gasteiger partial charge is 0.363 e. The molecular formula is C21H23F3N6O. The van der Waals surface area contributed by atoms with E-state index in [4.69, 9.17) is 0 Å². The number of aromatic nitrogens is 4. The number of amides is 1. The second-order valence-electron chi connectivity index (χ2n) is 7.85. The molecule has 0 saturated carbocycles. The molecule has 2 N–H and O–H groups in total. The lowest BCUT2D eigenvalue weighted by atomic mass is 9.96. The van der Waals surface area contributed by atoms with E-state index < -0.39 is 24.2 Å². The third-order valence-corrected chi connectivity index (χ3v) is 5.52. The standard InChI is InChI=1S/C21H23F3N6O/c1-12-4-6-14(7-5-12)17-8-18(21(22,23)24)30-19(27-17)16(10-26-30)20(31)25-9-15-11-29(3)28-13(15)2/h4-7,10-11,17-18,27H,8-9H2,1-3H3,(H,25,31)/t17-,18-/m0/s1. The van der Waals surface area contributed by atoms with Gasteiger partial charge < -0.3 is 10.6 Å². The Morgan fingerprint density at radius 3 is 2.58 bits per heavy atom. The highest BCUT2D eigenvalue weighted by Gasteiger charge is 2.47. The molecular weight excluding hydrogens is 409 g/mol. The zero-order valence-corrected chi connectivity index (χ0v) is 17.4. The molecule has 1 aromatic carbocycles. The van der Waals surface area contributed by atoms with Crippen LogP contribution in [0.5, 0.6) is 0 Å². The molecule has 2 aromatic heterocycles. The van der Waals surface area contributed by atoms with Crippen molar-refractivity contribution in [2.24, 2.45) is 7.05 Å². The van der Waals surface area contributed by atoms with Crippen molar-refractivity contribution in [1.82, 2.24) is 24.9 Å².